The average molecular weight is 400 g/mol. The van der Waals surface area contributed by atoms with Crippen LogP contribution in [0.25, 0.3) is 6.08 Å². The van der Waals surface area contributed by atoms with Gasteiger partial charge in [-0.1, -0.05) is 54.1 Å². The van der Waals surface area contributed by atoms with Crippen LogP contribution >= 0.6 is 11.6 Å². The minimum atomic E-state index is -0.0696. The molecule has 1 saturated heterocycles. The number of carbonyl (C=O) groups is 1. The number of amides is 1. The Bertz CT molecular complexity index is 814. The fourth-order valence-electron chi connectivity index (χ4n) is 3.66. The van der Waals surface area contributed by atoms with Crippen LogP contribution in [-0.2, 0) is 4.79 Å². The van der Waals surface area contributed by atoms with E-state index in [-0.39, 0.29) is 11.9 Å². The Kier molecular flexibility index (Phi) is 7.26. The Labute approximate surface area is 172 Å². The number of benzene rings is 2. The van der Waals surface area contributed by atoms with Gasteiger partial charge in [-0.2, -0.15) is 0 Å². The molecule has 0 spiro atoms. The molecule has 5 heteroatoms. The molecule has 0 aromatic heterocycles. The summed E-state index contributed by atoms with van der Waals surface area (Å²) in [5, 5.41) is 3.73. The molecule has 1 aliphatic heterocycles. The topological polar surface area (TPSA) is 38.0 Å². The summed E-state index contributed by atoms with van der Waals surface area (Å²) in [5.41, 5.74) is 2.96. The van der Waals surface area contributed by atoms with Gasteiger partial charge >= 0.3 is 0 Å². The lowest BCUT2D eigenvalue weighted by Gasteiger charge is -2.32. The molecule has 0 radical (unpaired) electrons. The van der Waals surface area contributed by atoms with Gasteiger partial charge in [0.15, 0.2) is 6.04 Å². The van der Waals surface area contributed by atoms with Crippen molar-refractivity contribution < 1.29 is 14.6 Å². The normalized spacial score (nSPS) is 20.8. The van der Waals surface area contributed by atoms with E-state index in [1.165, 1.54) is 10.5 Å². The molecule has 28 heavy (non-hydrogen) atoms. The predicted octanol–water partition coefficient (Wildman–Crippen LogP) is 1.47. The molecule has 2 aromatic rings. The van der Waals surface area contributed by atoms with Crippen molar-refractivity contribution in [3.8, 4) is 0 Å². The van der Waals surface area contributed by atoms with Gasteiger partial charge in [0.2, 0.25) is 0 Å². The van der Waals surface area contributed by atoms with E-state index in [4.69, 9.17) is 11.6 Å². The van der Waals surface area contributed by atoms with Crippen LogP contribution in [0, 0.1) is 6.92 Å². The number of carbonyl (C=O) groups excluding carboxylic acids is 1. The van der Waals surface area contributed by atoms with Crippen LogP contribution in [0.3, 0.4) is 0 Å². The van der Waals surface area contributed by atoms with Crippen molar-refractivity contribution in [1.82, 2.24) is 0 Å². The molecular weight excluding hydrogens is 370 g/mol. The van der Waals surface area contributed by atoms with Crippen molar-refractivity contribution in [3.05, 3.63) is 70.8 Å². The summed E-state index contributed by atoms with van der Waals surface area (Å²) in [7, 11) is 0. The van der Waals surface area contributed by atoms with Gasteiger partial charge in [-0.05, 0) is 43.2 Å². The summed E-state index contributed by atoms with van der Waals surface area (Å²) in [4.78, 5) is 15.6. The first kappa shape index (κ1) is 20.6. The lowest BCUT2D eigenvalue weighted by molar-refractivity contribution is -1.02. The fourth-order valence-corrected chi connectivity index (χ4v) is 3.83. The molecule has 0 bridgehead atoms. The zero-order chi connectivity index (χ0) is 19.9. The van der Waals surface area contributed by atoms with Gasteiger partial charge in [-0.25, -0.2) is 0 Å². The molecule has 0 aliphatic carbocycles. The molecule has 2 aromatic carbocycles. The Morgan fingerprint density at radius 2 is 1.82 bits per heavy atom. The monoisotopic (exact) mass is 399 g/mol. The quantitative estimate of drug-likeness (QED) is 0.676. The number of halogens is 1. The summed E-state index contributed by atoms with van der Waals surface area (Å²) in [6.07, 6.45) is 4.45. The Morgan fingerprint density at radius 3 is 2.54 bits per heavy atom. The van der Waals surface area contributed by atoms with Crippen LogP contribution in [0.2, 0.25) is 5.02 Å². The zero-order valence-electron chi connectivity index (χ0n) is 16.7. The SMILES string of the molecule is Cc1c(Cl)cccc1NC(=O)[C@H](C)[NH+]1CC[NH+](C/C=C/c2ccccc2)CC1. The molecule has 1 aliphatic rings. The van der Waals surface area contributed by atoms with Gasteiger partial charge in [0.25, 0.3) is 5.91 Å². The lowest BCUT2D eigenvalue weighted by Crippen LogP contribution is -3.29. The molecular formula is C23H30ClN3O+2. The van der Waals surface area contributed by atoms with E-state index in [9.17, 15) is 4.79 Å². The fraction of sp³-hybridized carbons (Fsp3) is 0.348. The third-order valence-corrected chi connectivity index (χ3v) is 6.06. The van der Waals surface area contributed by atoms with Crippen LogP contribution in [0.4, 0.5) is 5.69 Å². The Balaban J connectivity index is 1.46. The maximum absolute atomic E-state index is 12.7. The first-order chi connectivity index (χ1) is 13.5. The van der Waals surface area contributed by atoms with Crippen LogP contribution in [0.5, 0.6) is 0 Å². The third-order valence-electron chi connectivity index (χ3n) is 5.65. The van der Waals surface area contributed by atoms with Crippen molar-refractivity contribution in [2.24, 2.45) is 0 Å². The Morgan fingerprint density at radius 1 is 1.11 bits per heavy atom. The molecule has 0 unspecified atom stereocenters. The van der Waals surface area contributed by atoms with Gasteiger partial charge < -0.3 is 15.1 Å². The highest BCUT2D eigenvalue weighted by molar-refractivity contribution is 6.31. The number of hydrogen-bond donors (Lipinski definition) is 3. The molecule has 148 valence electrons. The highest BCUT2D eigenvalue weighted by Crippen LogP contribution is 2.22. The van der Waals surface area contributed by atoms with Crippen LogP contribution < -0.4 is 15.1 Å². The Hall–Kier alpha value is -2.14. The first-order valence-corrected chi connectivity index (χ1v) is 10.4. The summed E-state index contributed by atoms with van der Waals surface area (Å²) in [5.74, 6) is 0.0628. The summed E-state index contributed by atoms with van der Waals surface area (Å²) < 4.78 is 0. The molecule has 3 rings (SSSR count). The second-order valence-electron chi connectivity index (χ2n) is 7.55. The number of anilines is 1. The number of hydrogen-bond acceptors (Lipinski definition) is 1. The van der Waals surface area contributed by atoms with Crippen molar-refractivity contribution in [2.45, 2.75) is 19.9 Å². The van der Waals surface area contributed by atoms with Crippen molar-refractivity contribution in [3.63, 3.8) is 0 Å². The van der Waals surface area contributed by atoms with Gasteiger partial charge in [0, 0.05) is 10.7 Å². The largest absolute Gasteiger partial charge is 0.322 e. The van der Waals surface area contributed by atoms with Crippen LogP contribution in [0.1, 0.15) is 18.1 Å². The average Bonchev–Trinajstić information content (AvgIpc) is 2.72. The predicted molar refractivity (Wildman–Crippen MR) is 116 cm³/mol. The van der Waals surface area contributed by atoms with Crippen LogP contribution in [-0.4, -0.2) is 44.7 Å². The summed E-state index contributed by atoms with van der Waals surface area (Å²) in [6.45, 7) is 9.18. The van der Waals surface area contributed by atoms with E-state index >= 15 is 0 Å². The molecule has 1 fully saturated rings. The minimum absolute atomic E-state index is 0.0628. The second-order valence-corrected chi connectivity index (χ2v) is 7.96. The maximum Gasteiger partial charge on any atom is 0.282 e. The van der Waals surface area contributed by atoms with Gasteiger partial charge in [-0.15, -0.1) is 0 Å². The maximum atomic E-state index is 12.7. The lowest BCUT2D eigenvalue weighted by atomic mass is 10.1. The van der Waals surface area contributed by atoms with E-state index in [2.05, 4.69) is 41.7 Å². The van der Waals surface area contributed by atoms with E-state index in [0.29, 0.717) is 5.02 Å². The molecule has 3 N–H and O–H groups in total. The van der Waals surface area contributed by atoms with E-state index in [1.54, 1.807) is 4.90 Å². The highest BCUT2D eigenvalue weighted by atomic mass is 35.5. The number of nitrogens with one attached hydrogen (secondary N) is 3. The number of piperazine rings is 1. The van der Waals surface area contributed by atoms with E-state index in [1.807, 2.05) is 38.1 Å². The van der Waals surface area contributed by atoms with E-state index < -0.39 is 0 Å². The number of quaternary nitrogens is 2. The van der Waals surface area contributed by atoms with Crippen LogP contribution in [0.15, 0.2) is 54.6 Å². The van der Waals surface area contributed by atoms with Crippen molar-refractivity contribution in [2.75, 3.05) is 38.0 Å². The highest BCUT2D eigenvalue weighted by Gasteiger charge is 2.30. The first-order valence-electron chi connectivity index (χ1n) is 10.0. The molecule has 1 heterocycles. The van der Waals surface area contributed by atoms with E-state index in [0.717, 1.165) is 44.0 Å². The van der Waals surface area contributed by atoms with Crippen molar-refractivity contribution >= 4 is 29.3 Å². The van der Waals surface area contributed by atoms with Crippen molar-refractivity contribution in [1.29, 1.82) is 0 Å². The zero-order valence-corrected chi connectivity index (χ0v) is 17.4. The summed E-state index contributed by atoms with van der Waals surface area (Å²) >= 11 is 6.16. The van der Waals surface area contributed by atoms with Gasteiger partial charge in [0.05, 0.1) is 6.54 Å². The molecule has 1 atom stereocenters. The molecule has 0 saturated carbocycles. The summed E-state index contributed by atoms with van der Waals surface area (Å²) in [6, 6.07) is 15.9. The van der Waals surface area contributed by atoms with Gasteiger partial charge in [-0.3, -0.25) is 4.79 Å². The standard InChI is InChI=1S/C23H28ClN3O/c1-18-21(24)11-6-12-22(18)25-23(28)19(2)27-16-14-26(15-17-27)13-7-10-20-8-4-3-5-9-20/h3-12,19H,13-17H2,1-2H3,(H,25,28)/p+2/b10-7+/t19-/m0/s1. The molecule has 4 nitrogen and oxygen atoms in total. The third kappa shape index (κ3) is 5.44. The number of rotatable bonds is 6. The van der Waals surface area contributed by atoms with Gasteiger partial charge in [0.1, 0.15) is 26.2 Å². The molecule has 1 amide bonds. The smallest absolute Gasteiger partial charge is 0.282 e. The second kappa shape index (κ2) is 9.87. The minimum Gasteiger partial charge on any atom is -0.322 e.